The van der Waals surface area contributed by atoms with Gasteiger partial charge in [-0.25, -0.2) is 0 Å². The number of hydrogen-bond acceptors (Lipinski definition) is 4. The van der Waals surface area contributed by atoms with Crippen molar-refractivity contribution in [2.45, 2.75) is 20.4 Å². The average Bonchev–Trinajstić information content (AvgIpc) is 2.95. The number of benzene rings is 2. The van der Waals surface area contributed by atoms with Gasteiger partial charge < -0.3 is 14.0 Å². The minimum absolute atomic E-state index is 0.227. The molecule has 1 aliphatic heterocycles. The maximum Gasteiger partial charge on any atom is 0.279 e. The Morgan fingerprint density at radius 2 is 1.96 bits per heavy atom. The predicted molar refractivity (Wildman–Crippen MR) is 97.6 cm³/mol. The van der Waals surface area contributed by atoms with E-state index in [1.165, 1.54) is 11.3 Å². The molecule has 0 atom stereocenters. The molecule has 0 N–H and O–H groups in total. The molecular weight excluding hydrogens is 336 g/mol. The highest BCUT2D eigenvalue weighted by molar-refractivity contribution is 7.16. The lowest BCUT2D eigenvalue weighted by atomic mass is 10.1. The van der Waals surface area contributed by atoms with Crippen molar-refractivity contribution in [1.29, 1.82) is 0 Å². The Balaban J connectivity index is 1.85. The molecule has 1 amide bonds. The molecular formula is C19H18N2O3S. The average molecular weight is 354 g/mol. The second kappa shape index (κ2) is 6.37. The number of amides is 1. The van der Waals surface area contributed by atoms with E-state index in [1.807, 2.05) is 48.7 Å². The summed E-state index contributed by atoms with van der Waals surface area (Å²) in [6, 6.07) is 11.4. The normalized spacial score (nSPS) is 14.1. The molecule has 128 valence electrons. The lowest BCUT2D eigenvalue weighted by molar-refractivity contribution is 0.0998. The third kappa shape index (κ3) is 2.93. The highest BCUT2D eigenvalue weighted by atomic mass is 32.1. The molecule has 6 heteroatoms. The van der Waals surface area contributed by atoms with E-state index >= 15 is 0 Å². The highest BCUT2D eigenvalue weighted by Crippen LogP contribution is 2.35. The van der Waals surface area contributed by atoms with Gasteiger partial charge in [0.05, 0.1) is 10.2 Å². The van der Waals surface area contributed by atoms with Crippen molar-refractivity contribution in [3.8, 4) is 11.5 Å². The number of thiazole rings is 1. The van der Waals surface area contributed by atoms with E-state index in [2.05, 4.69) is 4.99 Å². The van der Waals surface area contributed by atoms with E-state index in [0.29, 0.717) is 23.6 Å². The Bertz CT molecular complexity index is 1030. The number of aromatic nitrogens is 1. The molecule has 0 saturated heterocycles. The van der Waals surface area contributed by atoms with Gasteiger partial charge in [-0.05, 0) is 26.0 Å². The summed E-state index contributed by atoms with van der Waals surface area (Å²) in [6.07, 6.45) is 0. The van der Waals surface area contributed by atoms with Crippen LogP contribution in [0, 0.1) is 6.92 Å². The molecule has 25 heavy (non-hydrogen) atoms. The van der Waals surface area contributed by atoms with E-state index in [-0.39, 0.29) is 5.91 Å². The van der Waals surface area contributed by atoms with Crippen molar-refractivity contribution in [2.75, 3.05) is 13.2 Å². The molecule has 0 unspecified atom stereocenters. The second-order valence-corrected chi connectivity index (χ2v) is 6.89. The monoisotopic (exact) mass is 354 g/mol. The van der Waals surface area contributed by atoms with E-state index in [9.17, 15) is 4.79 Å². The number of fused-ring (bicyclic) bond motifs is 2. The highest BCUT2D eigenvalue weighted by Gasteiger charge is 2.16. The number of aryl methyl sites for hydroxylation is 2. The number of carbonyl (C=O) groups is 1. The SMILES string of the molecule is CCn1c(=NC(=O)c2cccc(C)c2)sc2cc3c(cc21)OCCO3. The Hall–Kier alpha value is -2.60. The molecule has 0 bridgehead atoms. The van der Waals surface area contributed by atoms with Crippen LogP contribution in [-0.4, -0.2) is 23.7 Å². The minimum atomic E-state index is -0.227. The number of rotatable bonds is 2. The van der Waals surface area contributed by atoms with Gasteiger partial charge in [-0.2, -0.15) is 4.99 Å². The first-order valence-corrected chi connectivity index (χ1v) is 9.06. The van der Waals surface area contributed by atoms with Gasteiger partial charge in [-0.15, -0.1) is 0 Å². The number of carbonyl (C=O) groups excluding carboxylic acids is 1. The summed E-state index contributed by atoms with van der Waals surface area (Å²) in [5.41, 5.74) is 2.65. The fourth-order valence-corrected chi connectivity index (χ4v) is 4.03. The summed E-state index contributed by atoms with van der Waals surface area (Å²) in [5, 5.41) is 0. The Morgan fingerprint density at radius 3 is 2.68 bits per heavy atom. The molecule has 1 aromatic heterocycles. The first-order valence-electron chi connectivity index (χ1n) is 8.24. The van der Waals surface area contributed by atoms with Crippen LogP contribution >= 0.6 is 11.3 Å². The zero-order chi connectivity index (χ0) is 17.4. The van der Waals surface area contributed by atoms with Crippen LogP contribution in [0.4, 0.5) is 0 Å². The fourth-order valence-electron chi connectivity index (χ4n) is 2.93. The van der Waals surface area contributed by atoms with Gasteiger partial charge in [0.1, 0.15) is 13.2 Å². The van der Waals surface area contributed by atoms with Gasteiger partial charge in [0.2, 0.25) is 0 Å². The van der Waals surface area contributed by atoms with Crippen LogP contribution in [0.15, 0.2) is 41.4 Å². The largest absolute Gasteiger partial charge is 0.486 e. The molecule has 0 saturated carbocycles. The topological polar surface area (TPSA) is 52.8 Å². The zero-order valence-electron chi connectivity index (χ0n) is 14.1. The molecule has 0 fully saturated rings. The van der Waals surface area contributed by atoms with E-state index in [4.69, 9.17) is 9.47 Å². The third-order valence-corrected chi connectivity index (χ3v) is 5.17. The van der Waals surface area contributed by atoms with Gasteiger partial charge in [0.25, 0.3) is 5.91 Å². The Labute approximate surface area is 149 Å². The van der Waals surface area contributed by atoms with Gasteiger partial charge >= 0.3 is 0 Å². The van der Waals surface area contributed by atoms with Crippen LogP contribution in [0.25, 0.3) is 10.2 Å². The predicted octanol–water partition coefficient (Wildman–Crippen LogP) is 3.54. The molecule has 0 spiro atoms. The maximum atomic E-state index is 12.5. The number of hydrogen-bond donors (Lipinski definition) is 0. The maximum absolute atomic E-state index is 12.5. The zero-order valence-corrected chi connectivity index (χ0v) is 14.9. The molecule has 5 nitrogen and oxygen atoms in total. The van der Waals surface area contributed by atoms with E-state index < -0.39 is 0 Å². The van der Waals surface area contributed by atoms with Crippen LogP contribution in [0.1, 0.15) is 22.8 Å². The third-order valence-electron chi connectivity index (χ3n) is 4.13. The van der Waals surface area contributed by atoms with E-state index in [0.717, 1.165) is 33.8 Å². The Kier molecular flexibility index (Phi) is 4.05. The van der Waals surface area contributed by atoms with Crippen LogP contribution in [0.3, 0.4) is 0 Å². The van der Waals surface area contributed by atoms with Crippen molar-refractivity contribution < 1.29 is 14.3 Å². The summed E-state index contributed by atoms with van der Waals surface area (Å²) >= 11 is 1.49. The van der Waals surface area contributed by atoms with Crippen molar-refractivity contribution in [3.63, 3.8) is 0 Å². The molecule has 4 rings (SSSR count). The summed E-state index contributed by atoms with van der Waals surface area (Å²) in [6.45, 7) is 5.84. The smallest absolute Gasteiger partial charge is 0.279 e. The lowest BCUT2D eigenvalue weighted by Crippen LogP contribution is -2.17. The minimum Gasteiger partial charge on any atom is -0.486 e. The van der Waals surface area contributed by atoms with Gasteiger partial charge in [-0.1, -0.05) is 29.0 Å². The van der Waals surface area contributed by atoms with Crippen molar-refractivity contribution in [1.82, 2.24) is 4.57 Å². The van der Waals surface area contributed by atoms with E-state index in [1.54, 1.807) is 6.07 Å². The number of ether oxygens (including phenoxy) is 2. The second-order valence-electron chi connectivity index (χ2n) is 5.88. The van der Waals surface area contributed by atoms with Crippen LogP contribution in [0.2, 0.25) is 0 Å². The van der Waals surface area contributed by atoms with Crippen LogP contribution in [0.5, 0.6) is 11.5 Å². The summed E-state index contributed by atoms with van der Waals surface area (Å²) in [5.74, 6) is 1.27. The molecule has 2 aromatic carbocycles. The molecule has 0 aliphatic carbocycles. The quantitative estimate of drug-likeness (QED) is 0.707. The van der Waals surface area contributed by atoms with Crippen molar-refractivity contribution in [2.24, 2.45) is 4.99 Å². The number of nitrogens with zero attached hydrogens (tertiary/aromatic N) is 2. The van der Waals surface area contributed by atoms with Gasteiger partial charge in [0, 0.05) is 24.2 Å². The summed E-state index contributed by atoms with van der Waals surface area (Å²) in [7, 11) is 0. The fraction of sp³-hybridized carbons (Fsp3) is 0.263. The molecule has 2 heterocycles. The standard InChI is InChI=1S/C19H18N2O3S/c1-3-21-14-10-15-16(24-8-7-23-15)11-17(14)25-19(21)20-18(22)13-6-4-5-12(2)9-13/h4-6,9-11H,3,7-8H2,1-2H3. The molecule has 0 radical (unpaired) electrons. The molecule has 3 aromatic rings. The lowest BCUT2D eigenvalue weighted by Gasteiger charge is -2.18. The van der Waals surface area contributed by atoms with Crippen molar-refractivity contribution >= 4 is 27.5 Å². The first kappa shape index (κ1) is 15.9. The molecule has 1 aliphatic rings. The summed E-state index contributed by atoms with van der Waals surface area (Å²) in [4.78, 5) is 17.6. The van der Waals surface area contributed by atoms with Gasteiger partial charge in [-0.3, -0.25) is 4.79 Å². The van der Waals surface area contributed by atoms with Gasteiger partial charge in [0.15, 0.2) is 16.3 Å². The van der Waals surface area contributed by atoms with Crippen LogP contribution in [-0.2, 0) is 6.54 Å². The van der Waals surface area contributed by atoms with Crippen LogP contribution < -0.4 is 14.3 Å². The van der Waals surface area contributed by atoms with Crippen molar-refractivity contribution in [3.05, 3.63) is 52.3 Å². The summed E-state index contributed by atoms with van der Waals surface area (Å²) < 4.78 is 14.4. The first-order chi connectivity index (χ1) is 12.2. The Morgan fingerprint density at radius 1 is 1.20 bits per heavy atom.